The molecule has 5 heteroatoms. The number of hydrogen-bond donors (Lipinski definition) is 0. The molecule has 0 saturated carbocycles. The van der Waals surface area contributed by atoms with Crippen molar-refractivity contribution in [2.45, 2.75) is 6.43 Å². The average Bonchev–Trinajstić information content (AvgIpc) is 2.16. The Morgan fingerprint density at radius 2 is 2.00 bits per heavy atom. The second-order valence-corrected chi connectivity index (χ2v) is 3.06. The Morgan fingerprint density at radius 3 is 2.53 bits per heavy atom. The van der Waals surface area contributed by atoms with Gasteiger partial charge in [-0.05, 0) is 12.1 Å². The minimum atomic E-state index is -2.62. The molecule has 0 atom stereocenters. The number of benzene rings is 1. The Kier molecular flexibility index (Phi) is 3.71. The maximum absolute atomic E-state index is 13.1. The zero-order valence-corrected chi connectivity index (χ0v) is 8.08. The van der Waals surface area contributed by atoms with Crippen LogP contribution in [-0.2, 0) is 0 Å². The van der Waals surface area contributed by atoms with Gasteiger partial charge in [0.25, 0.3) is 12.3 Å². The number of nitrogens with zero attached hydrogens (tertiary/aromatic N) is 1. The van der Waals surface area contributed by atoms with E-state index in [9.17, 15) is 18.0 Å². The molecule has 0 aliphatic heterocycles. The van der Waals surface area contributed by atoms with Crippen LogP contribution in [0.5, 0.6) is 0 Å². The highest BCUT2D eigenvalue weighted by Gasteiger charge is 2.18. The number of carbonyl (C=O) groups is 1. The number of halogens is 3. The first-order valence-corrected chi connectivity index (χ1v) is 4.30. The van der Waals surface area contributed by atoms with Gasteiger partial charge in [-0.3, -0.25) is 4.79 Å². The summed E-state index contributed by atoms with van der Waals surface area (Å²) >= 11 is 0. The van der Waals surface area contributed by atoms with Crippen molar-refractivity contribution in [3.05, 3.63) is 35.6 Å². The van der Waals surface area contributed by atoms with Crippen molar-refractivity contribution < 1.29 is 18.0 Å². The molecule has 0 unspecified atom stereocenters. The summed E-state index contributed by atoms with van der Waals surface area (Å²) in [5.74, 6) is -1.45. The normalized spacial score (nSPS) is 10.5. The molecular formula is C10H10F3NO. The van der Waals surface area contributed by atoms with Gasteiger partial charge in [0.05, 0.1) is 12.1 Å². The highest BCUT2D eigenvalue weighted by Crippen LogP contribution is 2.09. The van der Waals surface area contributed by atoms with E-state index in [0.717, 1.165) is 11.0 Å². The van der Waals surface area contributed by atoms with Crippen LogP contribution >= 0.6 is 0 Å². The van der Waals surface area contributed by atoms with Crippen LogP contribution in [-0.4, -0.2) is 30.8 Å². The molecule has 0 saturated heterocycles. The predicted molar refractivity (Wildman–Crippen MR) is 49.4 cm³/mol. The lowest BCUT2D eigenvalue weighted by atomic mass is 10.2. The molecule has 15 heavy (non-hydrogen) atoms. The van der Waals surface area contributed by atoms with E-state index in [1.54, 1.807) is 0 Å². The third-order valence-corrected chi connectivity index (χ3v) is 1.86. The zero-order chi connectivity index (χ0) is 11.4. The number of alkyl halides is 2. The highest BCUT2D eigenvalue weighted by atomic mass is 19.3. The maximum atomic E-state index is 13.1. The molecule has 1 aromatic rings. The minimum Gasteiger partial charge on any atom is -0.336 e. The molecular weight excluding hydrogens is 207 g/mol. The maximum Gasteiger partial charge on any atom is 0.256 e. The van der Waals surface area contributed by atoms with Gasteiger partial charge in [0.1, 0.15) is 5.82 Å². The fourth-order valence-corrected chi connectivity index (χ4v) is 1.13. The molecule has 0 fully saturated rings. The summed E-state index contributed by atoms with van der Waals surface area (Å²) in [6.45, 7) is -0.701. The summed E-state index contributed by atoms with van der Waals surface area (Å²) in [6.07, 6.45) is -2.62. The Hall–Kier alpha value is -1.52. The van der Waals surface area contributed by atoms with Gasteiger partial charge in [-0.2, -0.15) is 0 Å². The second-order valence-electron chi connectivity index (χ2n) is 3.06. The van der Waals surface area contributed by atoms with Crippen molar-refractivity contribution >= 4 is 5.91 Å². The molecule has 0 spiro atoms. The summed E-state index contributed by atoms with van der Waals surface area (Å²) in [5, 5.41) is 0. The summed E-state index contributed by atoms with van der Waals surface area (Å²) in [6, 6.07) is 5.29. The lowest BCUT2D eigenvalue weighted by molar-refractivity contribution is 0.0616. The van der Waals surface area contributed by atoms with Gasteiger partial charge in [0, 0.05) is 7.05 Å². The van der Waals surface area contributed by atoms with Crippen molar-refractivity contribution in [1.82, 2.24) is 4.90 Å². The Bertz CT molecular complexity index is 354. The fraction of sp³-hybridized carbons (Fsp3) is 0.300. The third-order valence-electron chi connectivity index (χ3n) is 1.86. The molecule has 0 heterocycles. The van der Waals surface area contributed by atoms with E-state index >= 15 is 0 Å². The quantitative estimate of drug-likeness (QED) is 0.759. The van der Waals surface area contributed by atoms with Crippen LogP contribution < -0.4 is 0 Å². The van der Waals surface area contributed by atoms with Crippen LogP contribution in [0.25, 0.3) is 0 Å². The fourth-order valence-electron chi connectivity index (χ4n) is 1.13. The van der Waals surface area contributed by atoms with Crippen molar-refractivity contribution in [2.24, 2.45) is 0 Å². The molecule has 1 aromatic carbocycles. The minimum absolute atomic E-state index is 0.194. The van der Waals surface area contributed by atoms with Crippen LogP contribution in [0.15, 0.2) is 24.3 Å². The van der Waals surface area contributed by atoms with E-state index in [2.05, 4.69) is 0 Å². The zero-order valence-electron chi connectivity index (χ0n) is 8.08. The van der Waals surface area contributed by atoms with Gasteiger partial charge in [-0.1, -0.05) is 12.1 Å². The Morgan fingerprint density at radius 1 is 1.40 bits per heavy atom. The van der Waals surface area contributed by atoms with Gasteiger partial charge in [0.15, 0.2) is 0 Å². The topological polar surface area (TPSA) is 20.3 Å². The molecule has 0 N–H and O–H groups in total. The van der Waals surface area contributed by atoms with Crippen molar-refractivity contribution in [1.29, 1.82) is 0 Å². The van der Waals surface area contributed by atoms with Crippen LogP contribution in [0.1, 0.15) is 10.4 Å². The Labute approximate surface area is 85.3 Å². The number of carbonyl (C=O) groups excluding carboxylic acids is 1. The molecule has 1 amide bonds. The first-order chi connectivity index (χ1) is 7.02. The monoisotopic (exact) mass is 217 g/mol. The molecule has 0 aliphatic carbocycles. The van der Waals surface area contributed by atoms with Crippen molar-refractivity contribution in [2.75, 3.05) is 13.6 Å². The van der Waals surface area contributed by atoms with Crippen LogP contribution in [0.4, 0.5) is 13.2 Å². The van der Waals surface area contributed by atoms with E-state index in [1.165, 1.54) is 25.2 Å². The number of hydrogen-bond acceptors (Lipinski definition) is 1. The highest BCUT2D eigenvalue weighted by molar-refractivity contribution is 5.94. The smallest absolute Gasteiger partial charge is 0.256 e. The molecule has 1 rings (SSSR count). The number of amides is 1. The van der Waals surface area contributed by atoms with E-state index < -0.39 is 24.7 Å². The van der Waals surface area contributed by atoms with Gasteiger partial charge in [0.2, 0.25) is 0 Å². The third kappa shape index (κ3) is 2.97. The largest absolute Gasteiger partial charge is 0.336 e. The van der Waals surface area contributed by atoms with Crippen molar-refractivity contribution in [3.8, 4) is 0 Å². The van der Waals surface area contributed by atoms with Gasteiger partial charge in [-0.25, -0.2) is 13.2 Å². The molecule has 0 aromatic heterocycles. The van der Waals surface area contributed by atoms with Gasteiger partial charge >= 0.3 is 0 Å². The summed E-state index contributed by atoms with van der Waals surface area (Å²) in [7, 11) is 1.21. The summed E-state index contributed by atoms with van der Waals surface area (Å²) in [4.78, 5) is 12.2. The van der Waals surface area contributed by atoms with Crippen LogP contribution in [0, 0.1) is 5.82 Å². The van der Waals surface area contributed by atoms with E-state index in [1.807, 2.05) is 0 Å². The summed E-state index contributed by atoms with van der Waals surface area (Å²) in [5.41, 5.74) is -0.194. The summed E-state index contributed by atoms with van der Waals surface area (Å²) < 4.78 is 37.1. The Balaban J connectivity index is 2.81. The average molecular weight is 217 g/mol. The first kappa shape index (κ1) is 11.6. The van der Waals surface area contributed by atoms with Gasteiger partial charge < -0.3 is 4.90 Å². The van der Waals surface area contributed by atoms with E-state index in [0.29, 0.717) is 0 Å². The lowest BCUT2D eigenvalue weighted by Gasteiger charge is -2.16. The lowest BCUT2D eigenvalue weighted by Crippen LogP contribution is -2.31. The second kappa shape index (κ2) is 4.82. The molecule has 2 nitrogen and oxygen atoms in total. The predicted octanol–water partition coefficient (Wildman–Crippen LogP) is 2.16. The SMILES string of the molecule is CN(CC(F)F)C(=O)c1ccccc1F. The van der Waals surface area contributed by atoms with Crippen LogP contribution in [0.3, 0.4) is 0 Å². The molecule has 0 radical (unpaired) electrons. The van der Waals surface area contributed by atoms with E-state index in [-0.39, 0.29) is 5.56 Å². The number of rotatable bonds is 3. The standard InChI is InChI=1S/C10H10F3NO/c1-14(6-9(12)13)10(15)7-4-2-3-5-8(7)11/h2-5,9H,6H2,1H3. The molecule has 0 bridgehead atoms. The van der Waals surface area contributed by atoms with E-state index in [4.69, 9.17) is 0 Å². The van der Waals surface area contributed by atoms with Crippen molar-refractivity contribution in [3.63, 3.8) is 0 Å². The van der Waals surface area contributed by atoms with Crippen LogP contribution in [0.2, 0.25) is 0 Å². The first-order valence-electron chi connectivity index (χ1n) is 4.30. The van der Waals surface area contributed by atoms with Gasteiger partial charge in [-0.15, -0.1) is 0 Å². The molecule has 0 aliphatic rings. The molecule has 82 valence electrons.